The number of carboxylic acid groups (broad SMARTS) is 1. The van der Waals surface area contributed by atoms with Crippen molar-refractivity contribution in [2.24, 2.45) is 5.14 Å². The molecule has 0 saturated heterocycles. The molecule has 0 fully saturated rings. The summed E-state index contributed by atoms with van der Waals surface area (Å²) in [5, 5.41) is 14.4. The number of aliphatic carboxylic acids is 1. The van der Waals surface area contributed by atoms with Crippen molar-refractivity contribution in [1.82, 2.24) is 0 Å². The van der Waals surface area contributed by atoms with Crippen molar-refractivity contribution in [2.75, 3.05) is 0 Å². The van der Waals surface area contributed by atoms with E-state index in [2.05, 4.69) is 0 Å². The number of carbonyl (C=O) groups excluding carboxylic acids is 1. The Morgan fingerprint density at radius 2 is 1.60 bits per heavy atom. The van der Waals surface area contributed by atoms with E-state index in [0.717, 1.165) is 0 Å². The predicted octanol–water partition coefficient (Wildman–Crippen LogP) is 1.88. The van der Waals surface area contributed by atoms with Crippen LogP contribution in [0.25, 0.3) is 11.6 Å². The number of rotatable bonds is 5. The second-order valence-electron chi connectivity index (χ2n) is 5.10. The van der Waals surface area contributed by atoms with Crippen molar-refractivity contribution in [3.8, 4) is 5.75 Å². The van der Waals surface area contributed by atoms with Crippen LogP contribution < -0.4 is 9.88 Å². The highest BCUT2D eigenvalue weighted by Crippen LogP contribution is 2.22. The fourth-order valence-corrected chi connectivity index (χ4v) is 2.57. The van der Waals surface area contributed by atoms with E-state index in [1.165, 1.54) is 49.4 Å². The molecule has 3 N–H and O–H groups in total. The van der Waals surface area contributed by atoms with Gasteiger partial charge in [0.05, 0.1) is 10.5 Å². The lowest BCUT2D eigenvalue weighted by Gasteiger charge is -2.06. The Hall–Kier alpha value is -2.97. The maximum Gasteiger partial charge on any atom is 0.336 e. The molecule has 0 aliphatic carbocycles. The molecule has 0 atom stereocenters. The van der Waals surface area contributed by atoms with Gasteiger partial charge in [-0.3, -0.25) is 4.79 Å². The SMILES string of the molecule is CC(=O)Oc1ccc(/C=C(/C(=O)O)c2ccc(S(N)(=O)=O)cc2)cc1. The van der Waals surface area contributed by atoms with Crippen molar-refractivity contribution in [2.45, 2.75) is 11.8 Å². The maximum absolute atomic E-state index is 11.5. The molecular weight excluding hydrogens is 346 g/mol. The largest absolute Gasteiger partial charge is 0.478 e. The van der Waals surface area contributed by atoms with E-state index in [-0.39, 0.29) is 10.5 Å². The van der Waals surface area contributed by atoms with Crippen LogP contribution in [0.1, 0.15) is 18.1 Å². The van der Waals surface area contributed by atoms with E-state index < -0.39 is 22.0 Å². The molecule has 0 spiro atoms. The molecule has 8 heteroatoms. The van der Waals surface area contributed by atoms with E-state index in [1.807, 2.05) is 0 Å². The molecule has 0 saturated carbocycles. The Bertz CT molecular complexity index is 928. The summed E-state index contributed by atoms with van der Waals surface area (Å²) in [7, 11) is -3.85. The monoisotopic (exact) mass is 361 g/mol. The quantitative estimate of drug-likeness (QED) is 0.363. The van der Waals surface area contributed by atoms with Crippen LogP contribution in [-0.2, 0) is 19.6 Å². The smallest absolute Gasteiger partial charge is 0.336 e. The standard InChI is InChI=1S/C17H15NO6S/c1-11(19)24-14-6-2-12(3-7-14)10-16(17(20)21)13-4-8-15(9-5-13)25(18,22)23/h2-10H,1H3,(H,20,21)(H2,18,22,23)/b16-10+. The van der Waals surface area contributed by atoms with Crippen molar-refractivity contribution in [3.05, 3.63) is 59.7 Å². The van der Waals surface area contributed by atoms with Gasteiger partial charge < -0.3 is 9.84 Å². The highest BCUT2D eigenvalue weighted by molar-refractivity contribution is 7.89. The molecule has 25 heavy (non-hydrogen) atoms. The van der Waals surface area contributed by atoms with Crippen molar-refractivity contribution in [3.63, 3.8) is 0 Å². The van der Waals surface area contributed by atoms with Gasteiger partial charge >= 0.3 is 11.9 Å². The van der Waals surface area contributed by atoms with Crippen LogP contribution in [0.5, 0.6) is 5.75 Å². The van der Waals surface area contributed by atoms with Crippen LogP contribution >= 0.6 is 0 Å². The van der Waals surface area contributed by atoms with Crippen molar-refractivity contribution < 1.29 is 27.9 Å². The number of hydrogen-bond donors (Lipinski definition) is 2. The van der Waals surface area contributed by atoms with Crippen LogP contribution in [0.3, 0.4) is 0 Å². The fraction of sp³-hybridized carbons (Fsp3) is 0.0588. The minimum Gasteiger partial charge on any atom is -0.478 e. The molecule has 0 aromatic heterocycles. The topological polar surface area (TPSA) is 124 Å². The van der Waals surface area contributed by atoms with Gasteiger partial charge in [0.25, 0.3) is 0 Å². The molecule has 7 nitrogen and oxygen atoms in total. The second kappa shape index (κ2) is 7.29. The van der Waals surface area contributed by atoms with Crippen LogP contribution in [0.4, 0.5) is 0 Å². The third kappa shape index (κ3) is 5.00. The van der Waals surface area contributed by atoms with E-state index in [0.29, 0.717) is 16.9 Å². The summed E-state index contributed by atoms with van der Waals surface area (Å²) in [5.41, 5.74) is 0.869. The van der Waals surface area contributed by atoms with Gasteiger partial charge in [-0.15, -0.1) is 0 Å². The Labute approximate surface area is 144 Å². The molecule has 0 unspecified atom stereocenters. The zero-order chi connectivity index (χ0) is 18.6. The fourth-order valence-electron chi connectivity index (χ4n) is 2.06. The first-order valence-electron chi connectivity index (χ1n) is 7.03. The zero-order valence-electron chi connectivity index (χ0n) is 13.2. The maximum atomic E-state index is 11.5. The average molecular weight is 361 g/mol. The number of carboxylic acids is 1. The Kier molecular flexibility index (Phi) is 5.35. The average Bonchev–Trinajstić information content (AvgIpc) is 2.52. The minimum atomic E-state index is -3.85. The molecule has 0 aliphatic heterocycles. The summed E-state index contributed by atoms with van der Waals surface area (Å²) in [5.74, 6) is -1.28. The van der Waals surface area contributed by atoms with E-state index in [4.69, 9.17) is 9.88 Å². The third-order valence-corrected chi connectivity index (χ3v) is 4.11. The predicted molar refractivity (Wildman–Crippen MR) is 91.1 cm³/mol. The van der Waals surface area contributed by atoms with Gasteiger partial charge in [-0.2, -0.15) is 0 Å². The summed E-state index contributed by atoms with van der Waals surface area (Å²) >= 11 is 0. The lowest BCUT2D eigenvalue weighted by atomic mass is 10.0. The molecule has 2 rings (SSSR count). The van der Waals surface area contributed by atoms with Gasteiger partial charge in [-0.05, 0) is 41.5 Å². The number of sulfonamides is 1. The molecule has 2 aromatic carbocycles. The minimum absolute atomic E-state index is 0.0267. The molecule has 130 valence electrons. The van der Waals surface area contributed by atoms with E-state index >= 15 is 0 Å². The zero-order valence-corrected chi connectivity index (χ0v) is 14.0. The van der Waals surface area contributed by atoms with Crippen molar-refractivity contribution >= 4 is 33.6 Å². The Morgan fingerprint density at radius 1 is 1.04 bits per heavy atom. The molecule has 2 aromatic rings. The number of benzene rings is 2. The highest BCUT2D eigenvalue weighted by atomic mass is 32.2. The molecule has 0 bridgehead atoms. The number of carbonyl (C=O) groups is 2. The van der Waals surface area contributed by atoms with Gasteiger partial charge in [0.1, 0.15) is 5.75 Å². The molecule has 0 amide bonds. The number of esters is 1. The van der Waals surface area contributed by atoms with E-state index in [1.54, 1.807) is 12.1 Å². The molecule has 0 aliphatic rings. The Morgan fingerprint density at radius 3 is 2.04 bits per heavy atom. The van der Waals surface area contributed by atoms with Crippen LogP contribution in [0.2, 0.25) is 0 Å². The van der Waals surface area contributed by atoms with Gasteiger partial charge in [0.15, 0.2) is 0 Å². The molecule has 0 heterocycles. The van der Waals surface area contributed by atoms with Crippen LogP contribution in [0.15, 0.2) is 53.4 Å². The van der Waals surface area contributed by atoms with Gasteiger partial charge in [-0.25, -0.2) is 18.4 Å². The summed E-state index contributed by atoms with van der Waals surface area (Å²) in [4.78, 5) is 22.3. The van der Waals surface area contributed by atoms with Gasteiger partial charge in [0, 0.05) is 6.92 Å². The summed E-state index contributed by atoms with van der Waals surface area (Å²) < 4.78 is 27.4. The molecule has 0 radical (unpaired) electrons. The van der Waals surface area contributed by atoms with Gasteiger partial charge in [-0.1, -0.05) is 24.3 Å². The number of ether oxygens (including phenoxy) is 1. The first-order valence-corrected chi connectivity index (χ1v) is 8.58. The van der Waals surface area contributed by atoms with Crippen molar-refractivity contribution in [1.29, 1.82) is 0 Å². The highest BCUT2D eigenvalue weighted by Gasteiger charge is 2.13. The summed E-state index contributed by atoms with van der Waals surface area (Å²) in [6.07, 6.45) is 1.42. The Balaban J connectivity index is 2.36. The number of primary sulfonamides is 1. The van der Waals surface area contributed by atoms with Gasteiger partial charge in [0.2, 0.25) is 10.0 Å². The first kappa shape index (κ1) is 18.4. The lowest BCUT2D eigenvalue weighted by molar-refractivity contribution is -0.132. The second-order valence-corrected chi connectivity index (χ2v) is 6.66. The van der Waals surface area contributed by atoms with Crippen LogP contribution in [-0.4, -0.2) is 25.5 Å². The normalized spacial score (nSPS) is 11.8. The number of nitrogens with two attached hydrogens (primary N) is 1. The van der Waals surface area contributed by atoms with Crippen LogP contribution in [0, 0.1) is 0 Å². The number of hydrogen-bond acceptors (Lipinski definition) is 5. The molecular formula is C17H15NO6S. The van der Waals surface area contributed by atoms with E-state index in [9.17, 15) is 23.1 Å². The summed E-state index contributed by atoms with van der Waals surface area (Å²) in [6, 6.07) is 11.5. The summed E-state index contributed by atoms with van der Waals surface area (Å²) in [6.45, 7) is 1.28. The lowest BCUT2D eigenvalue weighted by Crippen LogP contribution is -2.12. The third-order valence-electron chi connectivity index (χ3n) is 3.18. The first-order chi connectivity index (χ1) is 11.7.